The Morgan fingerprint density at radius 3 is 2.17 bits per heavy atom. The molecular formula is C10H18N2O14P3+. The van der Waals surface area contributed by atoms with Gasteiger partial charge in [0.15, 0.2) is 6.04 Å². The van der Waals surface area contributed by atoms with Crippen LogP contribution >= 0.6 is 23.8 Å². The number of phosphoric acid groups is 2. The second-order valence-electron chi connectivity index (χ2n) is 5.21. The summed E-state index contributed by atoms with van der Waals surface area (Å²) < 4.78 is 50.1. The van der Waals surface area contributed by atoms with Crippen LogP contribution in [-0.4, -0.2) is 66.1 Å². The van der Waals surface area contributed by atoms with Gasteiger partial charge in [0.05, 0.1) is 20.8 Å². The average Bonchev–Trinajstić information content (AvgIpc) is 3.02. The molecule has 1 fully saturated rings. The molecule has 16 nitrogen and oxygen atoms in total. The Morgan fingerprint density at radius 2 is 1.72 bits per heavy atom. The molecule has 0 aromatic carbocycles. The molecule has 19 heteroatoms. The fraction of sp³-hybridized carbons (Fsp3) is 0.700. The highest BCUT2D eigenvalue weighted by molar-refractivity contribution is 7.69. The first-order valence-corrected chi connectivity index (χ1v) is 11.8. The first-order valence-electron chi connectivity index (χ1n) is 7.28. The van der Waals surface area contributed by atoms with Crippen molar-refractivity contribution in [2.24, 2.45) is 10.4 Å². The number of rotatable bonds is 13. The van der Waals surface area contributed by atoms with E-state index in [0.717, 1.165) is 14.2 Å². The molecule has 0 aromatic heterocycles. The standard InChI is InChI=1S/C10H17N2O14P3/c1-6(4-13)10-9(12-15)8(11-14)7(24-10)5-23-27(16,17)25-28(18,19)26-29(20,21-2)22-3/h4,7-10,20H,1,5H2,2-3H3,(H-,16,17,18,19)/p+1. The minimum absolute atomic E-state index is 0.246. The maximum absolute atomic E-state index is 11.9. The van der Waals surface area contributed by atoms with Crippen molar-refractivity contribution < 1.29 is 55.5 Å². The second kappa shape index (κ2) is 10.4. The van der Waals surface area contributed by atoms with E-state index in [2.05, 4.69) is 39.1 Å². The third-order valence-corrected chi connectivity index (χ3v) is 8.10. The Hall–Kier alpha value is -0.860. The Labute approximate surface area is 163 Å². The first kappa shape index (κ1) is 26.2. The number of hydrogen-bond acceptors (Lipinski definition) is 14. The lowest BCUT2D eigenvalue weighted by atomic mass is 10.00. The number of nitrogens with zero attached hydrogens (tertiary/aromatic N) is 2. The topological polar surface area (TPSA) is 226 Å². The van der Waals surface area contributed by atoms with E-state index >= 15 is 0 Å². The van der Waals surface area contributed by atoms with Crippen LogP contribution < -0.4 is 0 Å². The molecule has 1 saturated heterocycles. The van der Waals surface area contributed by atoms with Crippen molar-refractivity contribution in [3.63, 3.8) is 0 Å². The summed E-state index contributed by atoms with van der Waals surface area (Å²) in [7, 11) is -13.4. The van der Waals surface area contributed by atoms with Gasteiger partial charge in [0, 0.05) is 5.57 Å². The molecular weight excluding hydrogens is 465 g/mol. The SMILES string of the molecule is C=C(C=O)C1OC(COP(=O)(O)OP(=O)(O)O[P+](O)(OC)OC)C(N=O)C1N=O. The third kappa shape index (κ3) is 7.10. The molecule has 3 N–H and O–H groups in total. The molecule has 0 spiro atoms. The lowest BCUT2D eigenvalue weighted by molar-refractivity contribution is -0.106. The molecule has 1 aliphatic rings. The molecule has 6 atom stereocenters. The maximum Gasteiger partial charge on any atom is 0.582 e. The number of ether oxygens (including phenoxy) is 1. The van der Waals surface area contributed by atoms with E-state index in [1.807, 2.05) is 0 Å². The van der Waals surface area contributed by atoms with Gasteiger partial charge in [-0.3, -0.25) is 14.2 Å². The monoisotopic (exact) mass is 483 g/mol. The van der Waals surface area contributed by atoms with Crippen molar-refractivity contribution in [1.82, 2.24) is 0 Å². The van der Waals surface area contributed by atoms with Crippen molar-refractivity contribution in [2.75, 3.05) is 20.8 Å². The molecule has 0 aromatic rings. The fourth-order valence-electron chi connectivity index (χ4n) is 2.12. The number of carbonyl (C=O) groups is 1. The van der Waals surface area contributed by atoms with E-state index in [0.29, 0.717) is 0 Å². The summed E-state index contributed by atoms with van der Waals surface area (Å²) in [5.74, 6) is 0. The molecule has 166 valence electrons. The van der Waals surface area contributed by atoms with Crippen LogP contribution in [0.1, 0.15) is 0 Å². The number of hydrogen-bond donors (Lipinski definition) is 3. The van der Waals surface area contributed by atoms with Gasteiger partial charge in [0.2, 0.25) is 0 Å². The van der Waals surface area contributed by atoms with E-state index in [1.165, 1.54) is 0 Å². The number of aldehydes is 1. The van der Waals surface area contributed by atoms with Gasteiger partial charge in [-0.05, 0) is 4.31 Å². The van der Waals surface area contributed by atoms with Crippen molar-refractivity contribution in [3.05, 3.63) is 22.0 Å². The molecule has 1 rings (SSSR count). The van der Waals surface area contributed by atoms with Gasteiger partial charge < -0.3 is 9.63 Å². The van der Waals surface area contributed by atoms with E-state index in [4.69, 9.17) is 4.74 Å². The van der Waals surface area contributed by atoms with Gasteiger partial charge in [-0.2, -0.15) is 28.1 Å². The second-order valence-corrected chi connectivity index (χ2v) is 10.3. The molecule has 6 unspecified atom stereocenters. The van der Waals surface area contributed by atoms with Crippen molar-refractivity contribution in [1.29, 1.82) is 0 Å². The Balaban J connectivity index is 2.84. The van der Waals surface area contributed by atoms with Crippen LogP contribution in [0.5, 0.6) is 0 Å². The van der Waals surface area contributed by atoms with E-state index < -0.39 is 54.7 Å². The quantitative estimate of drug-likeness (QED) is 0.144. The summed E-state index contributed by atoms with van der Waals surface area (Å²) in [6.07, 6.45) is -2.54. The fourth-order valence-corrected chi connectivity index (χ4v) is 5.80. The zero-order chi connectivity index (χ0) is 22.5. The van der Waals surface area contributed by atoms with Gasteiger partial charge in [-0.1, -0.05) is 16.9 Å². The van der Waals surface area contributed by atoms with E-state index in [1.54, 1.807) is 0 Å². The van der Waals surface area contributed by atoms with Crippen LogP contribution in [0.4, 0.5) is 0 Å². The Kier molecular flexibility index (Phi) is 9.43. The molecule has 0 aliphatic carbocycles. The normalized spacial score (nSPS) is 28.9. The van der Waals surface area contributed by atoms with Crippen LogP contribution in [0, 0.1) is 9.81 Å². The van der Waals surface area contributed by atoms with Crippen LogP contribution in [0.25, 0.3) is 0 Å². The maximum atomic E-state index is 11.9. The molecule has 1 aliphatic heterocycles. The lowest BCUT2D eigenvalue weighted by Gasteiger charge is -2.19. The van der Waals surface area contributed by atoms with Gasteiger partial charge in [0.25, 0.3) is 0 Å². The lowest BCUT2D eigenvalue weighted by Crippen LogP contribution is -2.31. The number of carbonyl (C=O) groups excluding carboxylic acids is 1. The first-order chi connectivity index (χ1) is 13.4. The minimum Gasteiger partial charge on any atom is -0.363 e. The molecule has 0 bridgehead atoms. The molecule has 29 heavy (non-hydrogen) atoms. The zero-order valence-corrected chi connectivity index (χ0v) is 17.6. The van der Waals surface area contributed by atoms with Crippen LogP contribution in [-0.2, 0) is 40.9 Å². The summed E-state index contributed by atoms with van der Waals surface area (Å²) in [6.45, 7) is 2.38. The van der Waals surface area contributed by atoms with Gasteiger partial charge >= 0.3 is 23.8 Å². The molecule has 0 radical (unpaired) electrons. The predicted octanol–water partition coefficient (Wildman–Crippen LogP) is 0.992. The summed E-state index contributed by atoms with van der Waals surface area (Å²) in [4.78, 5) is 61.4. The van der Waals surface area contributed by atoms with Crippen molar-refractivity contribution in [3.8, 4) is 0 Å². The van der Waals surface area contributed by atoms with Crippen molar-refractivity contribution in [2.45, 2.75) is 24.3 Å². The minimum atomic E-state index is -5.45. The van der Waals surface area contributed by atoms with Crippen LogP contribution in [0.3, 0.4) is 0 Å². The van der Waals surface area contributed by atoms with E-state index in [9.17, 15) is 38.4 Å². The average molecular weight is 483 g/mol. The highest BCUT2D eigenvalue weighted by Gasteiger charge is 2.54. The highest BCUT2D eigenvalue weighted by Crippen LogP contribution is 2.72. The van der Waals surface area contributed by atoms with Gasteiger partial charge in [-0.25, -0.2) is 9.13 Å². The highest BCUT2D eigenvalue weighted by atomic mass is 31.3. The summed E-state index contributed by atoms with van der Waals surface area (Å²) >= 11 is 0. The van der Waals surface area contributed by atoms with Crippen molar-refractivity contribution >= 4 is 30.1 Å². The molecule has 1 heterocycles. The largest absolute Gasteiger partial charge is 0.582 e. The van der Waals surface area contributed by atoms with Crippen LogP contribution in [0.2, 0.25) is 0 Å². The Morgan fingerprint density at radius 1 is 1.17 bits per heavy atom. The third-order valence-electron chi connectivity index (χ3n) is 3.40. The Bertz CT molecular complexity index is 728. The number of phosphoric ester groups is 1. The van der Waals surface area contributed by atoms with Crippen LogP contribution in [0.15, 0.2) is 22.5 Å². The summed E-state index contributed by atoms with van der Waals surface area (Å²) in [5.41, 5.74) is -0.246. The zero-order valence-electron chi connectivity index (χ0n) is 14.9. The van der Waals surface area contributed by atoms with Gasteiger partial charge in [-0.15, -0.1) is 0 Å². The summed E-state index contributed by atoms with van der Waals surface area (Å²) in [6, 6.07) is -2.99. The van der Waals surface area contributed by atoms with E-state index in [-0.39, 0.29) is 11.9 Å². The smallest absolute Gasteiger partial charge is 0.363 e. The predicted molar refractivity (Wildman–Crippen MR) is 94.0 cm³/mol. The number of nitroso groups, excluding NO2 is 2. The van der Waals surface area contributed by atoms with Gasteiger partial charge in [0.1, 0.15) is 24.5 Å². The summed E-state index contributed by atoms with van der Waals surface area (Å²) in [5, 5.41) is 5.27. The molecule has 0 saturated carbocycles. The molecule has 0 amide bonds.